The number of rotatable bonds is 5. The molecule has 1 heterocycles. The van der Waals surface area contributed by atoms with Crippen molar-refractivity contribution in [3.05, 3.63) is 24.0 Å². The van der Waals surface area contributed by atoms with Gasteiger partial charge in [0.2, 0.25) is 5.91 Å². The molecule has 0 fully saturated rings. The summed E-state index contributed by atoms with van der Waals surface area (Å²) < 4.78 is 0. The van der Waals surface area contributed by atoms with Gasteiger partial charge < -0.3 is 10.4 Å². The lowest BCUT2D eigenvalue weighted by Gasteiger charge is -2.02. The molecule has 0 saturated carbocycles. The first-order valence-corrected chi connectivity index (χ1v) is 5.71. The highest BCUT2D eigenvalue weighted by molar-refractivity contribution is 8.00. The number of nitrogens with zero attached hydrogens (tertiary/aromatic N) is 1. The van der Waals surface area contributed by atoms with Crippen LogP contribution < -0.4 is 5.32 Å². The minimum Gasteiger partial charge on any atom is -0.477 e. The van der Waals surface area contributed by atoms with E-state index < -0.39 is 5.97 Å². The van der Waals surface area contributed by atoms with Gasteiger partial charge in [0, 0.05) is 17.6 Å². The molecule has 0 saturated heterocycles. The molecule has 0 spiro atoms. The van der Waals surface area contributed by atoms with E-state index in [9.17, 15) is 9.59 Å². The molecular formula is C10H12N2O3S. The summed E-state index contributed by atoms with van der Waals surface area (Å²) in [6.07, 6.45) is 1.42. The van der Waals surface area contributed by atoms with Crippen LogP contribution in [0.3, 0.4) is 0 Å². The molecule has 0 aromatic carbocycles. The average Bonchev–Trinajstić information content (AvgIpc) is 2.27. The Hall–Kier alpha value is -1.56. The maximum atomic E-state index is 11.2. The predicted octanol–water partition coefficient (Wildman–Crippen LogP) is 1.01. The average molecular weight is 240 g/mol. The molecule has 6 heteroatoms. The van der Waals surface area contributed by atoms with Gasteiger partial charge in [-0.3, -0.25) is 4.79 Å². The Morgan fingerprint density at radius 3 is 2.94 bits per heavy atom. The van der Waals surface area contributed by atoms with E-state index in [0.29, 0.717) is 6.54 Å². The van der Waals surface area contributed by atoms with E-state index in [0.717, 1.165) is 4.90 Å². The highest BCUT2D eigenvalue weighted by Gasteiger charge is 2.06. The fraction of sp³-hybridized carbons (Fsp3) is 0.300. The van der Waals surface area contributed by atoms with E-state index in [2.05, 4.69) is 10.3 Å². The number of aromatic carboxylic acids is 1. The number of amides is 1. The first-order valence-electron chi connectivity index (χ1n) is 4.72. The molecule has 1 amide bonds. The fourth-order valence-corrected chi connectivity index (χ4v) is 1.77. The fourth-order valence-electron chi connectivity index (χ4n) is 1.01. The van der Waals surface area contributed by atoms with Crippen molar-refractivity contribution in [3.63, 3.8) is 0 Å². The molecule has 0 bridgehead atoms. The number of aromatic nitrogens is 1. The topological polar surface area (TPSA) is 79.3 Å². The lowest BCUT2D eigenvalue weighted by molar-refractivity contribution is -0.118. The number of pyridine rings is 1. The Kier molecular flexibility index (Phi) is 4.78. The minimum absolute atomic E-state index is 0.0131. The summed E-state index contributed by atoms with van der Waals surface area (Å²) in [4.78, 5) is 26.2. The van der Waals surface area contributed by atoms with Gasteiger partial charge in [0.15, 0.2) is 0 Å². The van der Waals surface area contributed by atoms with E-state index in [1.54, 1.807) is 6.07 Å². The van der Waals surface area contributed by atoms with E-state index in [4.69, 9.17) is 5.11 Å². The maximum absolute atomic E-state index is 11.2. The second-order valence-electron chi connectivity index (χ2n) is 2.92. The van der Waals surface area contributed by atoms with Crippen LogP contribution in [0.2, 0.25) is 0 Å². The number of carbonyl (C=O) groups excluding carboxylic acids is 1. The molecule has 1 aromatic rings. The Bertz CT molecular complexity index is 395. The summed E-state index contributed by atoms with van der Waals surface area (Å²) in [7, 11) is 0. The Morgan fingerprint density at radius 2 is 2.31 bits per heavy atom. The summed E-state index contributed by atoms with van der Waals surface area (Å²) in [5.41, 5.74) is -0.0131. The van der Waals surface area contributed by atoms with Crippen LogP contribution in [0.15, 0.2) is 23.2 Å². The second-order valence-corrected chi connectivity index (χ2v) is 3.97. The van der Waals surface area contributed by atoms with Gasteiger partial charge in [-0.15, -0.1) is 11.8 Å². The zero-order valence-electron chi connectivity index (χ0n) is 8.77. The molecule has 0 aliphatic rings. The summed E-state index contributed by atoms with van der Waals surface area (Å²) >= 11 is 1.28. The number of thioether (sulfide) groups is 1. The third kappa shape index (κ3) is 3.90. The minimum atomic E-state index is -1.07. The van der Waals surface area contributed by atoms with Crippen molar-refractivity contribution in [3.8, 4) is 0 Å². The third-order valence-corrected chi connectivity index (χ3v) is 2.69. The van der Waals surface area contributed by atoms with Gasteiger partial charge in [-0.05, 0) is 19.1 Å². The van der Waals surface area contributed by atoms with E-state index in [1.165, 1.54) is 24.0 Å². The standard InChI is InChI=1S/C10H12N2O3S/c1-2-11-9(13)6-16-7-3-4-12-8(5-7)10(14)15/h3-5H,2,6H2,1H3,(H,11,13)(H,14,15). The monoisotopic (exact) mass is 240 g/mol. The predicted molar refractivity (Wildman–Crippen MR) is 60.6 cm³/mol. The summed E-state index contributed by atoms with van der Waals surface area (Å²) in [5.74, 6) is -0.863. The molecule has 0 radical (unpaired) electrons. The van der Waals surface area contributed by atoms with Gasteiger partial charge >= 0.3 is 5.97 Å². The Balaban J connectivity index is 2.57. The normalized spacial score (nSPS) is 9.81. The lowest BCUT2D eigenvalue weighted by Crippen LogP contribution is -2.24. The largest absolute Gasteiger partial charge is 0.477 e. The molecule has 0 unspecified atom stereocenters. The van der Waals surface area contributed by atoms with Crippen molar-refractivity contribution in [1.29, 1.82) is 0 Å². The summed E-state index contributed by atoms with van der Waals surface area (Å²) in [6, 6.07) is 3.13. The molecule has 1 rings (SSSR count). The zero-order chi connectivity index (χ0) is 12.0. The molecule has 0 atom stereocenters. The van der Waals surface area contributed by atoms with Crippen LogP contribution in [-0.4, -0.2) is 34.3 Å². The molecule has 16 heavy (non-hydrogen) atoms. The maximum Gasteiger partial charge on any atom is 0.354 e. The van der Waals surface area contributed by atoms with Gasteiger partial charge in [-0.2, -0.15) is 0 Å². The summed E-state index contributed by atoms with van der Waals surface area (Å²) in [5, 5.41) is 11.4. The van der Waals surface area contributed by atoms with Gasteiger partial charge in [-0.1, -0.05) is 0 Å². The first-order chi connectivity index (χ1) is 7.63. The third-order valence-electron chi connectivity index (χ3n) is 1.69. The molecule has 0 aliphatic carbocycles. The highest BCUT2D eigenvalue weighted by atomic mass is 32.2. The van der Waals surface area contributed by atoms with Crippen molar-refractivity contribution in [1.82, 2.24) is 10.3 Å². The van der Waals surface area contributed by atoms with Crippen molar-refractivity contribution in [2.45, 2.75) is 11.8 Å². The number of carbonyl (C=O) groups is 2. The van der Waals surface area contributed by atoms with Crippen LogP contribution in [0.25, 0.3) is 0 Å². The van der Waals surface area contributed by atoms with Crippen LogP contribution in [0.4, 0.5) is 0 Å². The van der Waals surface area contributed by atoms with Crippen LogP contribution in [0, 0.1) is 0 Å². The van der Waals surface area contributed by atoms with Gasteiger partial charge in [0.1, 0.15) is 5.69 Å². The second kappa shape index (κ2) is 6.12. The van der Waals surface area contributed by atoms with Crippen LogP contribution in [0.5, 0.6) is 0 Å². The quantitative estimate of drug-likeness (QED) is 0.751. The van der Waals surface area contributed by atoms with Crippen molar-refractivity contribution < 1.29 is 14.7 Å². The number of nitrogens with one attached hydrogen (secondary N) is 1. The van der Waals surface area contributed by atoms with Crippen LogP contribution >= 0.6 is 11.8 Å². The molecule has 2 N–H and O–H groups in total. The highest BCUT2D eigenvalue weighted by Crippen LogP contribution is 2.17. The molecule has 86 valence electrons. The van der Waals surface area contributed by atoms with Gasteiger partial charge in [-0.25, -0.2) is 9.78 Å². The molecule has 5 nitrogen and oxygen atoms in total. The van der Waals surface area contributed by atoms with E-state index >= 15 is 0 Å². The Labute approximate surface area is 97.3 Å². The van der Waals surface area contributed by atoms with Crippen molar-refractivity contribution in [2.24, 2.45) is 0 Å². The summed E-state index contributed by atoms with van der Waals surface area (Å²) in [6.45, 7) is 2.44. The zero-order valence-corrected chi connectivity index (χ0v) is 9.58. The number of hydrogen-bond acceptors (Lipinski definition) is 4. The Morgan fingerprint density at radius 1 is 1.56 bits per heavy atom. The number of hydrogen-bond donors (Lipinski definition) is 2. The SMILES string of the molecule is CCNC(=O)CSc1ccnc(C(=O)O)c1. The van der Waals surface area contributed by atoms with Crippen LogP contribution in [-0.2, 0) is 4.79 Å². The van der Waals surface area contributed by atoms with Gasteiger partial charge in [0.25, 0.3) is 0 Å². The van der Waals surface area contributed by atoms with Gasteiger partial charge in [0.05, 0.1) is 5.75 Å². The number of carboxylic acids is 1. The van der Waals surface area contributed by atoms with Crippen LogP contribution in [0.1, 0.15) is 17.4 Å². The molecule has 0 aliphatic heterocycles. The molecule has 1 aromatic heterocycles. The smallest absolute Gasteiger partial charge is 0.354 e. The molecular weight excluding hydrogens is 228 g/mol. The lowest BCUT2D eigenvalue weighted by atomic mass is 10.3. The first kappa shape index (κ1) is 12.5. The van der Waals surface area contributed by atoms with Crippen molar-refractivity contribution >= 4 is 23.6 Å². The van der Waals surface area contributed by atoms with E-state index in [1.807, 2.05) is 6.92 Å². The van der Waals surface area contributed by atoms with E-state index in [-0.39, 0.29) is 17.4 Å². The number of carboxylic acid groups (broad SMARTS) is 1. The van der Waals surface area contributed by atoms with Crippen molar-refractivity contribution in [2.75, 3.05) is 12.3 Å².